The molecule has 0 spiro atoms. The average molecular weight is 877 g/mol. The van der Waals surface area contributed by atoms with Crippen molar-refractivity contribution in [1.29, 1.82) is 0 Å². The number of esters is 2. The van der Waals surface area contributed by atoms with Gasteiger partial charge < -0.3 is 57.9 Å². The van der Waals surface area contributed by atoms with Crippen molar-refractivity contribution in [2.24, 2.45) is 23.7 Å². The van der Waals surface area contributed by atoms with Gasteiger partial charge in [0.2, 0.25) is 0 Å². The number of allylic oxidation sites excluding steroid dienone is 2. The van der Waals surface area contributed by atoms with E-state index in [0.29, 0.717) is 38.1 Å². The van der Waals surface area contributed by atoms with Gasteiger partial charge in [-0.3, -0.25) is 19.2 Å². The molecule has 0 aromatic rings. The van der Waals surface area contributed by atoms with Gasteiger partial charge in [0.05, 0.1) is 35.2 Å². The van der Waals surface area contributed by atoms with E-state index >= 15 is 0 Å². The maximum atomic E-state index is 12.8. The molecule has 6 rings (SSSR count). The van der Waals surface area contributed by atoms with Gasteiger partial charge in [0.25, 0.3) is 12.9 Å². The van der Waals surface area contributed by atoms with Gasteiger partial charge >= 0.3 is 30.0 Å². The number of nitrogens with zero attached hydrogens (tertiary/aromatic N) is 2. The lowest BCUT2D eigenvalue weighted by Gasteiger charge is -2.24. The van der Waals surface area contributed by atoms with Crippen LogP contribution < -0.4 is 0 Å². The summed E-state index contributed by atoms with van der Waals surface area (Å²) in [7, 11) is 7.88. The Bertz CT molecular complexity index is 1620. The van der Waals surface area contributed by atoms with Crippen LogP contribution in [0.1, 0.15) is 65.2 Å². The van der Waals surface area contributed by atoms with Crippen molar-refractivity contribution in [3.8, 4) is 0 Å². The van der Waals surface area contributed by atoms with E-state index < -0.39 is 18.1 Å². The first-order chi connectivity index (χ1) is 29.4. The van der Waals surface area contributed by atoms with Crippen LogP contribution in [0.4, 0.5) is 4.79 Å². The van der Waals surface area contributed by atoms with E-state index in [1.165, 1.54) is 0 Å². The smallest absolute Gasteiger partial charge is 0.478 e. The van der Waals surface area contributed by atoms with E-state index in [1.54, 1.807) is 0 Å². The Morgan fingerprint density at radius 3 is 1.44 bits per heavy atom. The number of carboxylic acid groups (broad SMARTS) is 2. The van der Waals surface area contributed by atoms with E-state index in [0.717, 1.165) is 62.2 Å². The first kappa shape index (κ1) is 49.5. The summed E-state index contributed by atoms with van der Waals surface area (Å²) in [4.78, 5) is 80.4. The highest BCUT2D eigenvalue weighted by Gasteiger charge is 2.64. The predicted molar refractivity (Wildman–Crippen MR) is 216 cm³/mol. The largest absolute Gasteiger partial charge is 0.508 e. The molecule has 0 aromatic heterocycles. The molecule has 344 valence electrons. The molecule has 19 heteroatoms. The monoisotopic (exact) mass is 876 g/mol. The van der Waals surface area contributed by atoms with E-state index in [1.807, 2.05) is 38.0 Å². The van der Waals surface area contributed by atoms with Gasteiger partial charge in [-0.2, -0.15) is 0 Å². The first-order valence-electron chi connectivity index (χ1n) is 20.6. The number of fused-ring (bicyclic) bond motifs is 6. The molecule has 4 saturated heterocycles. The molecule has 4 heterocycles. The quantitative estimate of drug-likeness (QED) is 0.0483. The Morgan fingerprint density at radius 2 is 1.10 bits per heavy atom. The summed E-state index contributed by atoms with van der Waals surface area (Å²) in [6.45, 7) is 6.03. The number of aliphatic carboxylic acids is 2. The molecule has 4 aliphatic heterocycles. The van der Waals surface area contributed by atoms with E-state index in [9.17, 15) is 33.6 Å². The number of carbonyl (C=O) groups excluding carboxylic acids is 5. The van der Waals surface area contributed by atoms with Crippen LogP contribution in [0.25, 0.3) is 0 Å². The third kappa shape index (κ3) is 14.5. The minimum Gasteiger partial charge on any atom is -0.478 e. The van der Waals surface area contributed by atoms with Crippen molar-refractivity contribution in [2.45, 2.75) is 101 Å². The van der Waals surface area contributed by atoms with Crippen LogP contribution in [0.3, 0.4) is 0 Å². The first-order valence-corrected chi connectivity index (χ1v) is 20.6. The fourth-order valence-electron chi connectivity index (χ4n) is 8.58. The Balaban J connectivity index is 0.000000448. The average Bonchev–Trinajstić information content (AvgIpc) is 4.00. The van der Waals surface area contributed by atoms with Crippen LogP contribution >= 0.6 is 0 Å². The highest BCUT2D eigenvalue weighted by molar-refractivity contribution is 5.80. The molecular weight excluding hydrogens is 816 g/mol. The standard InChI is InChI=1S/C35H52N2O9.2C4H4O4/c1-34-15-7-9-21(11-13-23-25(17-36(3)4)31(38)43-27(23)29(34)45-34)19-41-33(40)42-20-22-10-8-16-35(2)30(46-35)28-24(14-12-22)26(18-37(5)6)32(39)44-28;2*5-3-8-2-1-4(6)7/h9-10,23-30H,7-8,11-20H2,1-6H3;2*1-3H,(H,6,7)/b21-9+,22-10+;2*2-1+/t23-,24-,25?,26?,27-,28-,29-,30-,34+,35+;;/m0../s1. The molecule has 4 fully saturated rings. The predicted octanol–water partition coefficient (Wildman–Crippen LogP) is 3.41. The van der Waals surface area contributed by atoms with E-state index in [-0.39, 0.29) is 97.4 Å². The van der Waals surface area contributed by atoms with Crippen molar-refractivity contribution < 1.29 is 81.7 Å². The summed E-state index contributed by atoms with van der Waals surface area (Å²) < 4.78 is 43.1. The number of hydrogen-bond acceptors (Lipinski definition) is 17. The molecule has 0 saturated carbocycles. The lowest BCUT2D eigenvalue weighted by Crippen LogP contribution is -2.34. The van der Waals surface area contributed by atoms with Crippen LogP contribution in [-0.2, 0) is 66.7 Å². The zero-order valence-corrected chi connectivity index (χ0v) is 36.1. The maximum absolute atomic E-state index is 12.8. The SMILES string of the molecule is CN(C)CC1C(=O)O[C@H]2[C@H]1CC/C(COC(=O)OC/C1=C/CC[C@@]3(C)O[C@H]3[C@H]3OC(=O)C(CN(C)C)[C@@H]3CC1)=C\CC[C@@]1(C)O[C@@H]21.O=CO/C=C/C(=O)O.O=CO/C=C/C(=O)O. The zero-order chi connectivity index (χ0) is 45.6. The topological polar surface area (TPSA) is 247 Å². The molecule has 19 nitrogen and oxygen atoms in total. The molecule has 10 atom stereocenters. The molecule has 0 bridgehead atoms. The Hall–Kier alpha value is -5.11. The second-order valence-electron chi connectivity index (χ2n) is 17.0. The molecule has 6 aliphatic rings. The second kappa shape index (κ2) is 22.8. The Kier molecular flexibility index (Phi) is 18.2. The van der Waals surface area contributed by atoms with Gasteiger partial charge in [0.15, 0.2) is 0 Å². The van der Waals surface area contributed by atoms with Gasteiger partial charge in [0, 0.05) is 24.9 Å². The van der Waals surface area contributed by atoms with Gasteiger partial charge in [0.1, 0.15) is 50.2 Å². The molecule has 2 N–H and O–H groups in total. The number of carbonyl (C=O) groups is 7. The highest BCUT2D eigenvalue weighted by atomic mass is 16.7. The maximum Gasteiger partial charge on any atom is 0.508 e. The van der Waals surface area contributed by atoms with Crippen molar-refractivity contribution in [3.05, 3.63) is 48.0 Å². The van der Waals surface area contributed by atoms with Crippen LogP contribution in [0.15, 0.2) is 48.0 Å². The highest BCUT2D eigenvalue weighted by Crippen LogP contribution is 2.51. The summed E-state index contributed by atoms with van der Waals surface area (Å²) in [6.07, 6.45) is 12.2. The van der Waals surface area contributed by atoms with Gasteiger partial charge in [-0.15, -0.1) is 0 Å². The number of carboxylic acids is 2. The van der Waals surface area contributed by atoms with Crippen LogP contribution in [0, 0.1) is 23.7 Å². The normalized spacial score (nSPS) is 33.9. The number of epoxide rings is 2. The third-order valence-corrected chi connectivity index (χ3v) is 11.8. The lowest BCUT2D eigenvalue weighted by atomic mass is 9.80. The van der Waals surface area contributed by atoms with E-state index in [2.05, 4.69) is 35.5 Å². The number of ether oxygens (including phenoxy) is 8. The minimum absolute atomic E-state index is 0.0470. The summed E-state index contributed by atoms with van der Waals surface area (Å²) in [5.41, 5.74) is 1.45. The summed E-state index contributed by atoms with van der Waals surface area (Å²) in [6, 6.07) is 0. The molecule has 0 amide bonds. The van der Waals surface area contributed by atoms with Crippen LogP contribution in [-0.4, -0.2) is 153 Å². The molecule has 0 aromatic carbocycles. The lowest BCUT2D eigenvalue weighted by molar-refractivity contribution is -0.146. The Morgan fingerprint density at radius 1 is 0.710 bits per heavy atom. The molecule has 2 aliphatic carbocycles. The van der Waals surface area contributed by atoms with Gasteiger partial charge in [-0.05, 0) is 105 Å². The molecule has 2 unspecified atom stereocenters. The molecule has 62 heavy (non-hydrogen) atoms. The summed E-state index contributed by atoms with van der Waals surface area (Å²) in [5, 5.41) is 15.7. The second-order valence-corrected chi connectivity index (χ2v) is 17.0. The van der Waals surface area contributed by atoms with Crippen molar-refractivity contribution >= 4 is 43.0 Å². The summed E-state index contributed by atoms with van der Waals surface area (Å²) in [5.74, 6) is -2.89. The molecular formula is C43H60N2O17. The third-order valence-electron chi connectivity index (χ3n) is 11.8. The zero-order valence-electron chi connectivity index (χ0n) is 36.1. The Labute approximate surface area is 360 Å². The minimum atomic E-state index is -1.15. The van der Waals surface area contributed by atoms with Crippen molar-refractivity contribution in [2.75, 3.05) is 54.5 Å². The summed E-state index contributed by atoms with van der Waals surface area (Å²) >= 11 is 0. The van der Waals surface area contributed by atoms with E-state index in [4.69, 9.17) is 38.6 Å². The van der Waals surface area contributed by atoms with Crippen molar-refractivity contribution in [3.63, 3.8) is 0 Å². The molecule has 0 radical (unpaired) electrons. The fourth-order valence-corrected chi connectivity index (χ4v) is 8.58. The number of rotatable bonds is 14. The van der Waals surface area contributed by atoms with Crippen LogP contribution in [0.5, 0.6) is 0 Å². The van der Waals surface area contributed by atoms with Crippen LogP contribution in [0.2, 0.25) is 0 Å². The number of hydrogen-bond donors (Lipinski definition) is 2. The van der Waals surface area contributed by atoms with Gasteiger partial charge in [-0.25, -0.2) is 14.4 Å². The van der Waals surface area contributed by atoms with Crippen molar-refractivity contribution in [1.82, 2.24) is 9.80 Å². The van der Waals surface area contributed by atoms with Gasteiger partial charge in [-0.1, -0.05) is 12.2 Å². The fraction of sp³-hybridized carbons (Fsp3) is 0.651.